The predicted octanol–water partition coefficient (Wildman–Crippen LogP) is 4.82. The first kappa shape index (κ1) is 23.7. The van der Waals surface area contributed by atoms with E-state index in [9.17, 15) is 4.79 Å². The van der Waals surface area contributed by atoms with Crippen LogP contribution >= 0.6 is 24.0 Å². The van der Waals surface area contributed by atoms with Gasteiger partial charge < -0.3 is 20.4 Å². The molecular formula is C23H29IN4O2. The average Bonchev–Trinajstić information content (AvgIpc) is 3.05. The number of carbonyl (C=O) groups excluding carboxylic acids is 1. The molecule has 160 valence electrons. The molecule has 1 heterocycles. The number of anilines is 1. The fourth-order valence-electron chi connectivity index (χ4n) is 2.96. The number of hydrogen-bond acceptors (Lipinski definition) is 3. The number of benzene rings is 2. The first-order valence-corrected chi connectivity index (χ1v) is 9.79. The van der Waals surface area contributed by atoms with Gasteiger partial charge in [0.25, 0.3) is 0 Å². The molecule has 0 saturated heterocycles. The molecule has 7 heteroatoms. The van der Waals surface area contributed by atoms with Crippen molar-refractivity contribution in [1.29, 1.82) is 0 Å². The summed E-state index contributed by atoms with van der Waals surface area (Å²) in [5, 5.41) is 10.6. The lowest BCUT2D eigenvalue weighted by molar-refractivity contribution is -0.118. The molecule has 1 amide bonds. The first-order chi connectivity index (χ1) is 14.0. The van der Waals surface area contributed by atoms with Gasteiger partial charge in [0, 0.05) is 36.1 Å². The number of aliphatic imine (C=N–C) groups is 1. The van der Waals surface area contributed by atoms with Gasteiger partial charge in [0.15, 0.2) is 5.96 Å². The standard InChI is InChI=1S/C23H28N4O2.HI/c1-15(2)22(28)27-18-11-9-17(10-12-18)13-25-23(24-4)26-14-21-16(3)19-7-5-6-8-20(19)29-21;/h5-12,15H,13-14H2,1-4H3,(H,27,28)(H2,24,25,26);1H. The van der Waals surface area contributed by atoms with E-state index in [1.165, 1.54) is 0 Å². The molecule has 0 aliphatic heterocycles. The Morgan fingerprint density at radius 1 is 1.03 bits per heavy atom. The van der Waals surface area contributed by atoms with E-state index < -0.39 is 0 Å². The van der Waals surface area contributed by atoms with Gasteiger partial charge in [0.2, 0.25) is 5.91 Å². The number of furan rings is 1. The van der Waals surface area contributed by atoms with Crippen LogP contribution in [0.5, 0.6) is 0 Å². The van der Waals surface area contributed by atoms with Crippen LogP contribution in [0, 0.1) is 12.8 Å². The molecule has 0 unspecified atom stereocenters. The number of amides is 1. The Bertz CT molecular complexity index is 1010. The molecule has 3 N–H and O–H groups in total. The zero-order valence-electron chi connectivity index (χ0n) is 17.8. The summed E-state index contributed by atoms with van der Waals surface area (Å²) in [6.07, 6.45) is 0. The molecule has 1 aromatic heterocycles. The molecule has 0 fully saturated rings. The van der Waals surface area contributed by atoms with Crippen molar-refractivity contribution in [3.05, 3.63) is 65.4 Å². The number of rotatable bonds is 6. The van der Waals surface area contributed by atoms with Crippen LogP contribution < -0.4 is 16.0 Å². The molecule has 3 aromatic rings. The van der Waals surface area contributed by atoms with Crippen molar-refractivity contribution in [3.8, 4) is 0 Å². The van der Waals surface area contributed by atoms with E-state index in [2.05, 4.69) is 33.9 Å². The molecule has 30 heavy (non-hydrogen) atoms. The minimum absolute atomic E-state index is 0. The SMILES string of the molecule is CN=C(NCc1ccc(NC(=O)C(C)C)cc1)NCc1oc2ccccc2c1C.I. The zero-order chi connectivity index (χ0) is 20.8. The number of para-hydroxylation sites is 1. The maximum Gasteiger partial charge on any atom is 0.226 e. The Balaban J connectivity index is 0.00000320. The highest BCUT2D eigenvalue weighted by Crippen LogP contribution is 2.24. The van der Waals surface area contributed by atoms with Crippen molar-refractivity contribution in [2.75, 3.05) is 12.4 Å². The van der Waals surface area contributed by atoms with Crippen molar-refractivity contribution in [2.24, 2.45) is 10.9 Å². The zero-order valence-corrected chi connectivity index (χ0v) is 20.1. The molecule has 0 atom stereocenters. The van der Waals surface area contributed by atoms with E-state index in [0.29, 0.717) is 19.0 Å². The van der Waals surface area contributed by atoms with Gasteiger partial charge in [-0.1, -0.05) is 44.2 Å². The van der Waals surface area contributed by atoms with E-state index in [0.717, 1.165) is 33.5 Å². The van der Waals surface area contributed by atoms with E-state index in [1.807, 2.05) is 56.3 Å². The maximum atomic E-state index is 11.8. The molecule has 2 aromatic carbocycles. The summed E-state index contributed by atoms with van der Waals surface area (Å²) < 4.78 is 5.94. The summed E-state index contributed by atoms with van der Waals surface area (Å²) in [7, 11) is 1.74. The van der Waals surface area contributed by atoms with Gasteiger partial charge in [0.05, 0.1) is 6.54 Å². The number of aryl methyl sites for hydroxylation is 1. The van der Waals surface area contributed by atoms with Gasteiger partial charge >= 0.3 is 0 Å². The quantitative estimate of drug-likeness (QED) is 0.248. The van der Waals surface area contributed by atoms with Crippen LogP contribution in [0.25, 0.3) is 11.0 Å². The fraction of sp³-hybridized carbons (Fsp3) is 0.304. The molecule has 0 bridgehead atoms. The monoisotopic (exact) mass is 520 g/mol. The van der Waals surface area contributed by atoms with E-state index in [-0.39, 0.29) is 35.8 Å². The van der Waals surface area contributed by atoms with Gasteiger partial charge in [-0.3, -0.25) is 9.79 Å². The number of guanidine groups is 1. The smallest absolute Gasteiger partial charge is 0.226 e. The Morgan fingerprint density at radius 2 is 1.70 bits per heavy atom. The van der Waals surface area contributed by atoms with Gasteiger partial charge in [-0.2, -0.15) is 0 Å². The number of nitrogens with zero attached hydrogens (tertiary/aromatic N) is 1. The number of fused-ring (bicyclic) bond motifs is 1. The second-order valence-electron chi connectivity index (χ2n) is 7.27. The van der Waals surface area contributed by atoms with Crippen molar-refractivity contribution in [1.82, 2.24) is 10.6 Å². The molecule has 0 aliphatic rings. The summed E-state index contributed by atoms with van der Waals surface area (Å²) in [6.45, 7) is 6.99. The Morgan fingerprint density at radius 3 is 2.33 bits per heavy atom. The molecule has 0 aliphatic carbocycles. The van der Waals surface area contributed by atoms with Gasteiger partial charge in [-0.05, 0) is 30.7 Å². The third kappa shape index (κ3) is 5.98. The van der Waals surface area contributed by atoms with E-state index in [1.54, 1.807) is 7.05 Å². The van der Waals surface area contributed by atoms with E-state index >= 15 is 0 Å². The lowest BCUT2D eigenvalue weighted by Crippen LogP contribution is -2.36. The van der Waals surface area contributed by atoms with Crippen LogP contribution in [0.4, 0.5) is 5.69 Å². The number of nitrogens with one attached hydrogen (secondary N) is 3. The van der Waals surface area contributed by atoms with Crippen LogP contribution in [0.1, 0.15) is 30.7 Å². The largest absolute Gasteiger partial charge is 0.459 e. The van der Waals surface area contributed by atoms with Crippen LogP contribution in [0.15, 0.2) is 57.9 Å². The van der Waals surface area contributed by atoms with Gasteiger partial charge in [-0.25, -0.2) is 0 Å². The second-order valence-corrected chi connectivity index (χ2v) is 7.27. The topological polar surface area (TPSA) is 78.7 Å². The normalized spacial score (nSPS) is 11.3. The number of hydrogen-bond donors (Lipinski definition) is 3. The van der Waals surface area contributed by atoms with Crippen molar-refractivity contribution < 1.29 is 9.21 Å². The Hall–Kier alpha value is -2.55. The predicted molar refractivity (Wildman–Crippen MR) is 133 cm³/mol. The average molecular weight is 520 g/mol. The number of halogens is 1. The highest BCUT2D eigenvalue weighted by molar-refractivity contribution is 14.0. The van der Waals surface area contributed by atoms with Crippen molar-refractivity contribution in [2.45, 2.75) is 33.9 Å². The van der Waals surface area contributed by atoms with Crippen LogP contribution in [0.3, 0.4) is 0 Å². The lowest BCUT2D eigenvalue weighted by atomic mass is 10.1. The summed E-state index contributed by atoms with van der Waals surface area (Å²) >= 11 is 0. The third-order valence-electron chi connectivity index (χ3n) is 4.79. The summed E-state index contributed by atoms with van der Waals surface area (Å²) in [5.74, 6) is 1.57. The highest BCUT2D eigenvalue weighted by Gasteiger charge is 2.10. The number of carbonyl (C=O) groups is 1. The van der Waals surface area contributed by atoms with Gasteiger partial charge in [-0.15, -0.1) is 24.0 Å². The van der Waals surface area contributed by atoms with E-state index in [4.69, 9.17) is 4.42 Å². The lowest BCUT2D eigenvalue weighted by Gasteiger charge is -2.12. The van der Waals surface area contributed by atoms with Crippen molar-refractivity contribution in [3.63, 3.8) is 0 Å². The molecule has 3 rings (SSSR count). The summed E-state index contributed by atoms with van der Waals surface area (Å²) in [6, 6.07) is 15.8. The summed E-state index contributed by atoms with van der Waals surface area (Å²) in [5.41, 5.74) is 3.93. The molecule has 0 spiro atoms. The third-order valence-corrected chi connectivity index (χ3v) is 4.79. The maximum absolute atomic E-state index is 11.8. The molecule has 0 saturated carbocycles. The molecule has 6 nitrogen and oxygen atoms in total. The Labute approximate surface area is 194 Å². The second kappa shape index (κ2) is 11.0. The van der Waals surface area contributed by atoms with Gasteiger partial charge in [0.1, 0.15) is 11.3 Å². The highest BCUT2D eigenvalue weighted by atomic mass is 127. The van der Waals surface area contributed by atoms with Crippen molar-refractivity contribution >= 4 is 52.5 Å². The minimum atomic E-state index is -0.0406. The van der Waals surface area contributed by atoms with Crippen LogP contribution in [-0.2, 0) is 17.9 Å². The van der Waals surface area contributed by atoms with Crippen LogP contribution in [-0.4, -0.2) is 18.9 Å². The first-order valence-electron chi connectivity index (χ1n) is 9.79. The summed E-state index contributed by atoms with van der Waals surface area (Å²) in [4.78, 5) is 16.0. The van der Waals surface area contributed by atoms with Crippen LogP contribution in [0.2, 0.25) is 0 Å². The molecular weight excluding hydrogens is 491 g/mol. The Kier molecular flexibility index (Phi) is 8.71. The minimum Gasteiger partial charge on any atom is -0.459 e. The fourth-order valence-corrected chi connectivity index (χ4v) is 2.96. The molecule has 0 radical (unpaired) electrons.